The van der Waals surface area contributed by atoms with Crippen LogP contribution in [0.3, 0.4) is 0 Å². The number of carboxylic acids is 2. The molecule has 0 aliphatic carbocycles. The Balaban J connectivity index is 2.53. The third kappa shape index (κ3) is 5.24. The molecule has 2 aromatic rings. The Morgan fingerprint density at radius 3 is 1.87 bits per heavy atom. The molecule has 0 heterocycles. The minimum Gasteiger partial charge on any atom is -0.481 e. The Morgan fingerprint density at radius 1 is 0.900 bits per heavy atom. The number of rotatable bonds is 9. The molecule has 0 bridgehead atoms. The molecule has 0 aliphatic rings. The van der Waals surface area contributed by atoms with Crippen LogP contribution in [0.15, 0.2) is 30.3 Å². The maximum absolute atomic E-state index is 13.9. The quantitative estimate of drug-likeness (QED) is 0.228. The first-order chi connectivity index (χ1) is 13.9. The normalized spacial score (nSPS) is 13.9. The number of halogens is 5. The second-order valence-corrected chi connectivity index (χ2v) is 7.13. The van der Waals surface area contributed by atoms with E-state index in [1.165, 1.54) is 18.2 Å². The molecule has 0 amide bonds. The summed E-state index contributed by atoms with van der Waals surface area (Å²) in [6.45, 7) is 0. The molecule has 0 fully saturated rings. The van der Waals surface area contributed by atoms with Crippen LogP contribution in [0, 0.1) is 29.1 Å². The van der Waals surface area contributed by atoms with Crippen LogP contribution in [0.5, 0.6) is 11.5 Å². The summed E-state index contributed by atoms with van der Waals surface area (Å²) in [5.41, 5.74) is 0. The molecule has 2 unspecified atom stereocenters. The fourth-order valence-corrected chi connectivity index (χ4v) is 3.56. The van der Waals surface area contributed by atoms with Crippen LogP contribution in [-0.4, -0.2) is 28.2 Å². The lowest BCUT2D eigenvalue weighted by Crippen LogP contribution is -2.38. The van der Waals surface area contributed by atoms with Gasteiger partial charge in [-0.25, -0.2) is 17.7 Å². The smallest absolute Gasteiger partial charge is 0.481 e. The zero-order chi connectivity index (χ0) is 22.6. The summed E-state index contributed by atoms with van der Waals surface area (Å²) in [4.78, 5) is 22.0. The lowest BCUT2D eigenvalue weighted by Gasteiger charge is -2.23. The van der Waals surface area contributed by atoms with E-state index < -0.39 is 67.0 Å². The van der Waals surface area contributed by atoms with E-state index in [9.17, 15) is 36.1 Å². The van der Waals surface area contributed by atoms with Crippen LogP contribution in [0.4, 0.5) is 22.0 Å². The Bertz CT molecular complexity index is 992. The van der Waals surface area contributed by atoms with Crippen molar-refractivity contribution in [3.63, 3.8) is 0 Å². The average molecular weight is 455 g/mol. The number of benzene rings is 2. The van der Waals surface area contributed by atoms with Crippen LogP contribution < -0.4 is 14.1 Å². The Morgan fingerprint density at radius 2 is 1.40 bits per heavy atom. The summed E-state index contributed by atoms with van der Waals surface area (Å²) in [5, 5.41) is 19.5. The van der Waals surface area contributed by atoms with Crippen LogP contribution in [0.2, 0.25) is 0 Å². The largest absolute Gasteiger partial charge is 0.513 e. The van der Waals surface area contributed by atoms with Crippen molar-refractivity contribution >= 4 is 19.7 Å². The molecule has 0 spiro atoms. The zero-order valence-corrected chi connectivity index (χ0v) is 15.3. The standard InChI is InChI=1S/C16H11F5NO7P/c17-10-11(18)13(20)15(14(21)12(10)19)29-30(27,28-7-4-2-1-3-5-7)22-8(16(25)26)6-9(23)24/h1-5,8H,6H2,(H,22,27)(H,23,24)(H,25,26). The number of hydrogen-bond donors (Lipinski definition) is 3. The van der Waals surface area contributed by atoms with Crippen LogP contribution in [0.25, 0.3) is 0 Å². The summed E-state index contributed by atoms with van der Waals surface area (Å²) in [6.07, 6.45) is -1.20. The van der Waals surface area contributed by atoms with Crippen molar-refractivity contribution in [2.24, 2.45) is 0 Å². The van der Waals surface area contributed by atoms with Crippen molar-refractivity contribution in [3.05, 3.63) is 59.4 Å². The fourth-order valence-electron chi connectivity index (χ4n) is 2.03. The van der Waals surface area contributed by atoms with Gasteiger partial charge in [-0.2, -0.15) is 13.9 Å². The molecule has 8 nitrogen and oxygen atoms in total. The van der Waals surface area contributed by atoms with E-state index >= 15 is 0 Å². The van der Waals surface area contributed by atoms with E-state index in [1.807, 2.05) is 0 Å². The zero-order valence-electron chi connectivity index (χ0n) is 14.4. The van der Waals surface area contributed by atoms with Crippen molar-refractivity contribution in [2.45, 2.75) is 12.5 Å². The van der Waals surface area contributed by atoms with E-state index in [0.717, 1.165) is 12.1 Å². The van der Waals surface area contributed by atoms with Gasteiger partial charge in [-0.3, -0.25) is 9.59 Å². The highest BCUT2D eigenvalue weighted by atomic mass is 31.2. The lowest BCUT2D eigenvalue weighted by molar-refractivity contribution is -0.145. The van der Waals surface area contributed by atoms with Crippen molar-refractivity contribution in [3.8, 4) is 11.5 Å². The summed E-state index contributed by atoms with van der Waals surface area (Å²) in [6, 6.07) is 4.25. The molecule has 0 radical (unpaired) electrons. The highest BCUT2D eigenvalue weighted by Gasteiger charge is 2.39. The predicted octanol–water partition coefficient (Wildman–Crippen LogP) is 3.47. The monoisotopic (exact) mass is 455 g/mol. The third-order valence-corrected chi connectivity index (χ3v) is 4.84. The van der Waals surface area contributed by atoms with Gasteiger partial charge < -0.3 is 19.3 Å². The molecular weight excluding hydrogens is 444 g/mol. The van der Waals surface area contributed by atoms with E-state index in [-0.39, 0.29) is 5.75 Å². The number of carbonyl (C=O) groups is 2. The highest BCUT2D eigenvalue weighted by Crippen LogP contribution is 2.47. The molecular formula is C16H11F5NO7P. The molecule has 2 rings (SSSR count). The number of aliphatic carboxylic acids is 2. The molecule has 0 saturated carbocycles. The van der Waals surface area contributed by atoms with Gasteiger partial charge in [-0.15, -0.1) is 0 Å². The van der Waals surface area contributed by atoms with Gasteiger partial charge in [-0.05, 0) is 12.1 Å². The van der Waals surface area contributed by atoms with E-state index in [2.05, 4.69) is 4.52 Å². The second-order valence-electron chi connectivity index (χ2n) is 5.51. The van der Waals surface area contributed by atoms with Crippen molar-refractivity contribution in [2.75, 3.05) is 0 Å². The van der Waals surface area contributed by atoms with Crippen LogP contribution >= 0.6 is 7.75 Å². The summed E-state index contributed by atoms with van der Waals surface area (Å²) >= 11 is 0. The minimum atomic E-state index is -5.27. The number of carboxylic acid groups (broad SMARTS) is 2. The third-order valence-electron chi connectivity index (χ3n) is 3.34. The molecule has 2 atom stereocenters. The molecule has 162 valence electrons. The molecule has 30 heavy (non-hydrogen) atoms. The molecule has 0 aliphatic heterocycles. The first kappa shape index (κ1) is 23.1. The van der Waals surface area contributed by atoms with Crippen molar-refractivity contribution < 1.29 is 55.4 Å². The molecule has 14 heteroatoms. The van der Waals surface area contributed by atoms with Gasteiger partial charge in [0, 0.05) is 0 Å². The van der Waals surface area contributed by atoms with Crippen LogP contribution in [0.1, 0.15) is 6.42 Å². The first-order valence-electron chi connectivity index (χ1n) is 7.73. The SMILES string of the molecule is O=C(O)CC(NP(=O)(Oc1ccccc1)Oc1c(F)c(F)c(F)c(F)c1F)C(=O)O. The number of nitrogens with one attached hydrogen (secondary N) is 1. The Kier molecular flexibility index (Phi) is 7.00. The minimum absolute atomic E-state index is 0.323. The molecule has 2 aromatic carbocycles. The number of para-hydroxylation sites is 1. The van der Waals surface area contributed by atoms with Crippen molar-refractivity contribution in [1.82, 2.24) is 5.09 Å². The highest BCUT2D eigenvalue weighted by molar-refractivity contribution is 7.52. The summed E-state index contributed by atoms with van der Waals surface area (Å²) < 4.78 is 90.1. The molecule has 0 aromatic heterocycles. The van der Waals surface area contributed by atoms with Gasteiger partial charge in [-0.1, -0.05) is 18.2 Å². The second kappa shape index (κ2) is 9.09. The number of hydrogen-bond acceptors (Lipinski definition) is 5. The summed E-state index contributed by atoms with van der Waals surface area (Å²) in [7, 11) is -5.27. The Hall–Kier alpha value is -3.18. The van der Waals surface area contributed by atoms with Gasteiger partial charge >= 0.3 is 19.7 Å². The molecule has 3 N–H and O–H groups in total. The molecule has 0 saturated heterocycles. The van der Waals surface area contributed by atoms with Gasteiger partial charge in [0.25, 0.3) is 0 Å². The lowest BCUT2D eigenvalue weighted by atomic mass is 10.2. The Labute approximate surface area is 164 Å². The maximum atomic E-state index is 13.9. The van der Waals surface area contributed by atoms with Crippen molar-refractivity contribution in [1.29, 1.82) is 0 Å². The van der Waals surface area contributed by atoms with E-state index in [1.54, 1.807) is 5.09 Å². The van der Waals surface area contributed by atoms with E-state index in [4.69, 9.17) is 14.7 Å². The van der Waals surface area contributed by atoms with Gasteiger partial charge in [0.15, 0.2) is 0 Å². The fraction of sp³-hybridized carbons (Fsp3) is 0.125. The van der Waals surface area contributed by atoms with Gasteiger partial charge in [0.1, 0.15) is 11.8 Å². The first-order valence-corrected chi connectivity index (χ1v) is 9.27. The van der Waals surface area contributed by atoms with Gasteiger partial charge in [0.2, 0.25) is 34.8 Å². The van der Waals surface area contributed by atoms with E-state index in [0.29, 0.717) is 0 Å². The topological polar surface area (TPSA) is 122 Å². The maximum Gasteiger partial charge on any atom is 0.513 e. The van der Waals surface area contributed by atoms with Gasteiger partial charge in [0.05, 0.1) is 6.42 Å². The van der Waals surface area contributed by atoms with Crippen LogP contribution in [-0.2, 0) is 14.2 Å². The average Bonchev–Trinajstić information content (AvgIpc) is 2.68. The predicted molar refractivity (Wildman–Crippen MR) is 88.3 cm³/mol. The summed E-state index contributed by atoms with van der Waals surface area (Å²) in [5.74, 6) is -18.3.